The van der Waals surface area contributed by atoms with E-state index in [2.05, 4.69) is 35.8 Å². The topological polar surface area (TPSA) is 44.7 Å². The van der Waals surface area contributed by atoms with Gasteiger partial charge in [-0.2, -0.15) is 0 Å². The van der Waals surface area contributed by atoms with E-state index in [0.29, 0.717) is 11.8 Å². The largest absolute Gasteiger partial charge is 0.333 e. The maximum atomic E-state index is 12.0. The molecule has 1 fully saturated rings. The zero-order valence-electron chi connectivity index (χ0n) is 10.7. The Balaban J connectivity index is 2.54. The van der Waals surface area contributed by atoms with Gasteiger partial charge in [0.25, 0.3) is 0 Å². The van der Waals surface area contributed by atoms with Crippen LogP contribution >= 0.6 is 0 Å². The summed E-state index contributed by atoms with van der Waals surface area (Å²) in [6.07, 6.45) is 0.753. The second kappa shape index (κ2) is 5.43. The molecule has 92 valence electrons. The van der Waals surface area contributed by atoms with E-state index in [4.69, 9.17) is 0 Å². The molecule has 4 heteroatoms. The Bertz CT molecular complexity index is 265. The van der Waals surface area contributed by atoms with Crippen LogP contribution in [-0.4, -0.2) is 43.3 Å². The van der Waals surface area contributed by atoms with Crippen molar-refractivity contribution in [2.45, 2.75) is 39.4 Å². The van der Waals surface area contributed by atoms with Crippen molar-refractivity contribution in [1.82, 2.24) is 10.2 Å². The monoisotopic (exact) mass is 225 g/mol. The molecule has 0 aromatic carbocycles. The molecular formula is C12H23N3O. The summed E-state index contributed by atoms with van der Waals surface area (Å²) in [5, 5.41) is 2.85. The fraction of sp³-hybridized carbons (Fsp3) is 0.833. The SMILES string of the molecule is C=N[C@H](C)NC(=O)C1C[C@@H](C(C)C)CN1C. The lowest BCUT2D eigenvalue weighted by molar-refractivity contribution is -0.125. The van der Waals surface area contributed by atoms with E-state index in [9.17, 15) is 4.79 Å². The minimum Gasteiger partial charge on any atom is -0.333 e. The van der Waals surface area contributed by atoms with Crippen molar-refractivity contribution < 1.29 is 4.79 Å². The molecule has 0 saturated carbocycles. The first-order chi connectivity index (χ1) is 7.45. The van der Waals surface area contributed by atoms with Crippen LogP contribution in [-0.2, 0) is 4.79 Å². The van der Waals surface area contributed by atoms with Crippen LogP contribution in [0.25, 0.3) is 0 Å². The van der Waals surface area contributed by atoms with Gasteiger partial charge in [0.1, 0.15) is 6.17 Å². The lowest BCUT2D eigenvalue weighted by Gasteiger charge is -2.19. The number of likely N-dealkylation sites (N-methyl/N-ethyl adjacent to an activating group) is 1. The van der Waals surface area contributed by atoms with Crippen molar-refractivity contribution >= 4 is 12.6 Å². The Labute approximate surface area is 98.1 Å². The van der Waals surface area contributed by atoms with E-state index >= 15 is 0 Å². The number of amides is 1. The summed E-state index contributed by atoms with van der Waals surface area (Å²) < 4.78 is 0. The molecule has 1 amide bonds. The van der Waals surface area contributed by atoms with Crippen molar-refractivity contribution in [3.8, 4) is 0 Å². The van der Waals surface area contributed by atoms with Gasteiger partial charge in [-0.05, 0) is 38.9 Å². The highest BCUT2D eigenvalue weighted by atomic mass is 16.2. The quantitative estimate of drug-likeness (QED) is 0.729. The van der Waals surface area contributed by atoms with Crippen molar-refractivity contribution in [2.24, 2.45) is 16.8 Å². The van der Waals surface area contributed by atoms with Crippen molar-refractivity contribution in [3.63, 3.8) is 0 Å². The van der Waals surface area contributed by atoms with Crippen LogP contribution in [0.15, 0.2) is 4.99 Å². The van der Waals surface area contributed by atoms with Gasteiger partial charge in [-0.25, -0.2) is 0 Å². The van der Waals surface area contributed by atoms with Crippen molar-refractivity contribution in [1.29, 1.82) is 0 Å². The van der Waals surface area contributed by atoms with Gasteiger partial charge in [-0.1, -0.05) is 13.8 Å². The minimum atomic E-state index is -0.195. The van der Waals surface area contributed by atoms with Crippen LogP contribution in [0.1, 0.15) is 27.2 Å². The third-order valence-corrected chi connectivity index (χ3v) is 3.45. The summed E-state index contributed by atoms with van der Waals surface area (Å²) in [5.41, 5.74) is 0. The van der Waals surface area contributed by atoms with Crippen molar-refractivity contribution in [2.75, 3.05) is 13.6 Å². The summed E-state index contributed by atoms with van der Waals surface area (Å²) in [5.74, 6) is 1.33. The molecule has 1 N–H and O–H groups in total. The second-order valence-electron chi connectivity index (χ2n) is 5.06. The fourth-order valence-electron chi connectivity index (χ4n) is 2.18. The molecule has 1 rings (SSSR count). The van der Waals surface area contributed by atoms with Gasteiger partial charge in [0.05, 0.1) is 6.04 Å². The number of nitrogens with one attached hydrogen (secondary N) is 1. The molecule has 1 aliphatic rings. The Kier molecular flexibility index (Phi) is 4.47. The van der Waals surface area contributed by atoms with E-state index in [1.807, 2.05) is 14.0 Å². The van der Waals surface area contributed by atoms with E-state index in [1.165, 1.54) is 0 Å². The van der Waals surface area contributed by atoms with Gasteiger partial charge in [-0.3, -0.25) is 14.7 Å². The molecule has 0 aromatic heterocycles. The van der Waals surface area contributed by atoms with Gasteiger partial charge in [0.2, 0.25) is 5.91 Å². The molecular weight excluding hydrogens is 202 g/mol. The first-order valence-corrected chi connectivity index (χ1v) is 5.92. The van der Waals surface area contributed by atoms with Crippen LogP contribution in [0.3, 0.4) is 0 Å². The van der Waals surface area contributed by atoms with Gasteiger partial charge < -0.3 is 5.32 Å². The first kappa shape index (κ1) is 13.2. The van der Waals surface area contributed by atoms with Crippen LogP contribution in [0, 0.1) is 11.8 Å². The highest BCUT2D eigenvalue weighted by Gasteiger charge is 2.35. The number of hydrogen-bond acceptors (Lipinski definition) is 3. The minimum absolute atomic E-state index is 0.00315. The van der Waals surface area contributed by atoms with E-state index < -0.39 is 0 Å². The number of aliphatic imine (C=N–C) groups is 1. The van der Waals surface area contributed by atoms with Gasteiger partial charge >= 0.3 is 0 Å². The average Bonchev–Trinajstić information content (AvgIpc) is 2.60. The molecule has 1 saturated heterocycles. The molecule has 0 radical (unpaired) electrons. The molecule has 16 heavy (non-hydrogen) atoms. The number of carbonyl (C=O) groups excluding carboxylic acids is 1. The maximum absolute atomic E-state index is 12.0. The molecule has 0 aromatic rings. The van der Waals surface area contributed by atoms with Crippen LogP contribution in [0.2, 0.25) is 0 Å². The molecule has 0 aliphatic carbocycles. The number of rotatable bonds is 4. The molecule has 0 bridgehead atoms. The standard InChI is InChI=1S/C12H23N3O/c1-8(2)10-6-11(15(5)7-10)12(16)14-9(3)13-4/h8-11H,4,6-7H2,1-3,5H3,(H,14,16)/t9-,10+,11?/m0/s1. The first-order valence-electron chi connectivity index (χ1n) is 5.92. The molecule has 0 spiro atoms. The van der Waals surface area contributed by atoms with Gasteiger partial charge in [-0.15, -0.1) is 0 Å². The Hall–Kier alpha value is -0.900. The zero-order valence-corrected chi connectivity index (χ0v) is 10.7. The Morgan fingerprint density at radius 1 is 1.50 bits per heavy atom. The Morgan fingerprint density at radius 3 is 2.56 bits per heavy atom. The molecule has 3 atom stereocenters. The van der Waals surface area contributed by atoms with Crippen LogP contribution in [0.4, 0.5) is 0 Å². The molecule has 4 nitrogen and oxygen atoms in total. The predicted molar refractivity (Wildman–Crippen MR) is 66.5 cm³/mol. The van der Waals surface area contributed by atoms with Gasteiger partial charge in [0, 0.05) is 6.54 Å². The number of likely N-dealkylation sites (tertiary alicyclic amines) is 1. The van der Waals surface area contributed by atoms with E-state index in [-0.39, 0.29) is 18.1 Å². The molecule has 1 unspecified atom stereocenters. The van der Waals surface area contributed by atoms with E-state index in [1.54, 1.807) is 0 Å². The average molecular weight is 225 g/mol. The van der Waals surface area contributed by atoms with Gasteiger partial charge in [0.15, 0.2) is 0 Å². The lowest BCUT2D eigenvalue weighted by Crippen LogP contribution is -2.44. The predicted octanol–water partition coefficient (Wildman–Crippen LogP) is 1.13. The third-order valence-electron chi connectivity index (χ3n) is 3.45. The summed E-state index contributed by atoms with van der Waals surface area (Å²) in [6.45, 7) is 10.7. The number of carbonyl (C=O) groups is 1. The number of hydrogen-bond donors (Lipinski definition) is 1. The lowest BCUT2D eigenvalue weighted by atomic mass is 9.93. The summed E-state index contributed by atoms with van der Waals surface area (Å²) >= 11 is 0. The highest BCUT2D eigenvalue weighted by Crippen LogP contribution is 2.27. The third kappa shape index (κ3) is 3.04. The smallest absolute Gasteiger partial charge is 0.238 e. The highest BCUT2D eigenvalue weighted by molar-refractivity contribution is 5.82. The second-order valence-corrected chi connectivity index (χ2v) is 5.06. The zero-order chi connectivity index (χ0) is 12.3. The normalized spacial score (nSPS) is 28.1. The maximum Gasteiger partial charge on any atom is 0.238 e. The summed E-state index contributed by atoms with van der Waals surface area (Å²) in [6, 6.07) is -0.00315. The molecule has 1 heterocycles. The van der Waals surface area contributed by atoms with Crippen LogP contribution in [0.5, 0.6) is 0 Å². The number of nitrogens with zero attached hydrogens (tertiary/aromatic N) is 2. The van der Waals surface area contributed by atoms with Crippen molar-refractivity contribution in [3.05, 3.63) is 0 Å². The fourth-order valence-corrected chi connectivity index (χ4v) is 2.18. The Morgan fingerprint density at radius 2 is 2.12 bits per heavy atom. The summed E-state index contributed by atoms with van der Waals surface area (Å²) in [7, 11) is 2.01. The summed E-state index contributed by atoms with van der Waals surface area (Å²) in [4.78, 5) is 17.9. The van der Waals surface area contributed by atoms with E-state index in [0.717, 1.165) is 13.0 Å². The molecule has 1 aliphatic heterocycles. The van der Waals surface area contributed by atoms with Crippen LogP contribution < -0.4 is 5.32 Å².